The van der Waals surface area contributed by atoms with E-state index in [1.165, 1.54) is 5.56 Å². The predicted molar refractivity (Wildman–Crippen MR) is 65.2 cm³/mol. The van der Waals surface area contributed by atoms with Gasteiger partial charge in [0.15, 0.2) is 0 Å². The fourth-order valence-corrected chi connectivity index (χ4v) is 1.90. The van der Waals surface area contributed by atoms with Crippen LogP contribution in [0.15, 0.2) is 24.3 Å². The molecule has 2 rings (SSSR count). The summed E-state index contributed by atoms with van der Waals surface area (Å²) in [6.45, 7) is 6.23. The molecule has 0 bridgehead atoms. The van der Waals surface area contributed by atoms with Gasteiger partial charge in [-0.15, -0.1) is 10.2 Å². The van der Waals surface area contributed by atoms with Gasteiger partial charge < -0.3 is 0 Å². The van der Waals surface area contributed by atoms with Crippen LogP contribution >= 0.6 is 11.6 Å². The van der Waals surface area contributed by atoms with Crippen LogP contribution in [0.5, 0.6) is 0 Å². The van der Waals surface area contributed by atoms with Crippen LogP contribution in [0.3, 0.4) is 0 Å². The van der Waals surface area contributed by atoms with Crippen molar-refractivity contribution >= 4 is 11.6 Å². The number of nitrogens with zero attached hydrogens (tertiary/aromatic N) is 3. The lowest BCUT2D eigenvalue weighted by Crippen LogP contribution is -1.97. The molecule has 0 aliphatic rings. The highest BCUT2D eigenvalue weighted by atomic mass is 35.5. The smallest absolute Gasteiger partial charge is 0.229 e. The fraction of sp³-hybridized carbons (Fsp3) is 0.333. The summed E-state index contributed by atoms with van der Waals surface area (Å²) in [6, 6.07) is 8.29. The highest BCUT2D eigenvalue weighted by Gasteiger charge is 2.08. The average molecular weight is 236 g/mol. The molecule has 16 heavy (non-hydrogen) atoms. The van der Waals surface area contributed by atoms with Crippen molar-refractivity contribution in [3.8, 4) is 5.69 Å². The molecule has 0 aliphatic carbocycles. The molecule has 1 aromatic heterocycles. The standard InChI is InChI=1S/C12H14ClN3/c1-8(2)10-4-6-11(7-5-10)16-9(3)14-15-12(16)13/h4-8H,1-3H3. The molecule has 0 atom stereocenters. The summed E-state index contributed by atoms with van der Waals surface area (Å²) in [5, 5.41) is 8.16. The number of benzene rings is 1. The van der Waals surface area contributed by atoms with Crippen molar-refractivity contribution in [1.82, 2.24) is 14.8 Å². The number of hydrogen-bond donors (Lipinski definition) is 0. The van der Waals surface area contributed by atoms with Gasteiger partial charge in [0.1, 0.15) is 5.82 Å². The van der Waals surface area contributed by atoms with Gasteiger partial charge in [0, 0.05) is 5.69 Å². The third kappa shape index (κ3) is 1.95. The lowest BCUT2D eigenvalue weighted by molar-refractivity contribution is 0.864. The van der Waals surface area contributed by atoms with Gasteiger partial charge >= 0.3 is 0 Å². The molecule has 3 nitrogen and oxygen atoms in total. The molecular formula is C12H14ClN3. The third-order valence-corrected chi connectivity index (χ3v) is 2.85. The fourth-order valence-electron chi connectivity index (χ4n) is 1.64. The molecular weight excluding hydrogens is 222 g/mol. The minimum absolute atomic E-state index is 0.398. The first-order chi connectivity index (χ1) is 7.59. The Labute approximate surface area is 100 Å². The Morgan fingerprint density at radius 2 is 1.75 bits per heavy atom. The molecule has 0 N–H and O–H groups in total. The minimum atomic E-state index is 0.398. The topological polar surface area (TPSA) is 30.7 Å². The summed E-state index contributed by atoms with van der Waals surface area (Å²) >= 11 is 5.97. The molecule has 1 aromatic carbocycles. The molecule has 2 aromatic rings. The zero-order valence-corrected chi connectivity index (χ0v) is 10.4. The zero-order chi connectivity index (χ0) is 11.7. The summed E-state index contributed by atoms with van der Waals surface area (Å²) in [5.74, 6) is 1.33. The van der Waals surface area contributed by atoms with E-state index < -0.39 is 0 Å². The zero-order valence-electron chi connectivity index (χ0n) is 9.61. The Hall–Kier alpha value is -1.35. The molecule has 0 spiro atoms. The minimum Gasteiger partial charge on any atom is -0.270 e. The van der Waals surface area contributed by atoms with Gasteiger partial charge in [-0.3, -0.25) is 4.57 Å². The van der Waals surface area contributed by atoms with Crippen molar-refractivity contribution in [2.24, 2.45) is 0 Å². The molecule has 4 heteroatoms. The van der Waals surface area contributed by atoms with E-state index in [9.17, 15) is 0 Å². The van der Waals surface area contributed by atoms with E-state index in [4.69, 9.17) is 11.6 Å². The van der Waals surface area contributed by atoms with Crippen molar-refractivity contribution < 1.29 is 0 Å². The molecule has 0 aliphatic heterocycles. The van der Waals surface area contributed by atoms with E-state index in [-0.39, 0.29) is 0 Å². The second-order valence-electron chi connectivity index (χ2n) is 4.10. The van der Waals surface area contributed by atoms with Crippen LogP contribution in [-0.4, -0.2) is 14.8 Å². The number of rotatable bonds is 2. The Kier molecular flexibility index (Phi) is 2.97. The van der Waals surface area contributed by atoms with Crippen LogP contribution in [0.2, 0.25) is 5.28 Å². The second kappa shape index (κ2) is 4.26. The second-order valence-corrected chi connectivity index (χ2v) is 4.44. The summed E-state index contributed by atoms with van der Waals surface area (Å²) < 4.78 is 1.83. The highest BCUT2D eigenvalue weighted by molar-refractivity contribution is 6.28. The summed E-state index contributed by atoms with van der Waals surface area (Å²) in [6.07, 6.45) is 0. The molecule has 0 unspecified atom stereocenters. The summed E-state index contributed by atoms with van der Waals surface area (Å²) in [4.78, 5) is 0. The molecule has 0 saturated heterocycles. The van der Waals surface area contributed by atoms with Crippen LogP contribution in [0, 0.1) is 6.92 Å². The van der Waals surface area contributed by atoms with Crippen LogP contribution in [0.4, 0.5) is 0 Å². The van der Waals surface area contributed by atoms with Crippen LogP contribution in [0.1, 0.15) is 31.2 Å². The van der Waals surface area contributed by atoms with E-state index >= 15 is 0 Å². The Morgan fingerprint density at radius 1 is 1.12 bits per heavy atom. The van der Waals surface area contributed by atoms with E-state index in [2.05, 4.69) is 36.2 Å². The van der Waals surface area contributed by atoms with Crippen LogP contribution in [-0.2, 0) is 0 Å². The van der Waals surface area contributed by atoms with Gasteiger partial charge in [-0.25, -0.2) is 0 Å². The molecule has 0 amide bonds. The number of aromatic nitrogens is 3. The summed E-state index contributed by atoms with van der Waals surface area (Å²) in [7, 11) is 0. The Balaban J connectivity index is 2.42. The Bertz CT molecular complexity index is 466. The molecule has 84 valence electrons. The quantitative estimate of drug-likeness (QED) is 0.799. The predicted octanol–water partition coefficient (Wildman–Crippen LogP) is 3.35. The van der Waals surface area contributed by atoms with Crippen molar-refractivity contribution in [3.63, 3.8) is 0 Å². The number of hydrogen-bond acceptors (Lipinski definition) is 2. The van der Waals surface area contributed by atoms with Gasteiger partial charge in [-0.05, 0) is 42.1 Å². The van der Waals surface area contributed by atoms with E-state index in [1.807, 2.05) is 23.6 Å². The first-order valence-corrected chi connectivity index (χ1v) is 5.65. The van der Waals surface area contributed by atoms with Gasteiger partial charge in [-0.1, -0.05) is 26.0 Å². The van der Waals surface area contributed by atoms with Gasteiger partial charge in [-0.2, -0.15) is 0 Å². The van der Waals surface area contributed by atoms with Crippen molar-refractivity contribution in [1.29, 1.82) is 0 Å². The maximum absolute atomic E-state index is 5.97. The highest BCUT2D eigenvalue weighted by Crippen LogP contribution is 2.20. The lowest BCUT2D eigenvalue weighted by atomic mass is 10.0. The van der Waals surface area contributed by atoms with E-state index in [0.717, 1.165) is 11.5 Å². The van der Waals surface area contributed by atoms with Gasteiger partial charge in [0.2, 0.25) is 5.28 Å². The average Bonchev–Trinajstić information content (AvgIpc) is 2.59. The van der Waals surface area contributed by atoms with Gasteiger partial charge in [0.05, 0.1) is 0 Å². The molecule has 0 fully saturated rings. The normalized spacial score (nSPS) is 11.1. The first-order valence-electron chi connectivity index (χ1n) is 5.27. The van der Waals surface area contributed by atoms with Gasteiger partial charge in [0.25, 0.3) is 0 Å². The first kappa shape index (κ1) is 11.1. The van der Waals surface area contributed by atoms with Crippen molar-refractivity contribution in [2.75, 3.05) is 0 Å². The maximum atomic E-state index is 5.97. The van der Waals surface area contributed by atoms with E-state index in [0.29, 0.717) is 11.2 Å². The maximum Gasteiger partial charge on any atom is 0.229 e. The lowest BCUT2D eigenvalue weighted by Gasteiger charge is -2.08. The van der Waals surface area contributed by atoms with Crippen LogP contribution < -0.4 is 0 Å². The molecule has 0 radical (unpaired) electrons. The van der Waals surface area contributed by atoms with Crippen LogP contribution in [0.25, 0.3) is 5.69 Å². The molecule has 1 heterocycles. The summed E-state index contributed by atoms with van der Waals surface area (Å²) in [5.41, 5.74) is 2.31. The molecule has 0 saturated carbocycles. The third-order valence-electron chi connectivity index (χ3n) is 2.60. The van der Waals surface area contributed by atoms with Crippen molar-refractivity contribution in [3.05, 3.63) is 40.9 Å². The van der Waals surface area contributed by atoms with E-state index in [1.54, 1.807) is 0 Å². The largest absolute Gasteiger partial charge is 0.270 e. The van der Waals surface area contributed by atoms with Crippen molar-refractivity contribution in [2.45, 2.75) is 26.7 Å². The Morgan fingerprint density at radius 3 is 2.19 bits per heavy atom. The number of aryl methyl sites for hydroxylation is 1. The number of halogens is 1. The monoisotopic (exact) mass is 235 g/mol. The SMILES string of the molecule is Cc1nnc(Cl)n1-c1ccc(C(C)C)cc1.